The van der Waals surface area contributed by atoms with Crippen molar-refractivity contribution in [1.82, 2.24) is 4.90 Å². The Kier molecular flexibility index (Phi) is 5.74. The molecule has 1 aromatic rings. The number of hydrogen-bond donors (Lipinski definition) is 0. The molecule has 0 radical (unpaired) electrons. The molecule has 6 heteroatoms. The molecule has 1 heterocycles. The third-order valence-electron chi connectivity index (χ3n) is 5.02. The average Bonchev–Trinajstić information content (AvgIpc) is 3.02. The van der Waals surface area contributed by atoms with E-state index in [1.807, 2.05) is 4.90 Å². The fourth-order valence-corrected chi connectivity index (χ4v) is 3.73. The van der Waals surface area contributed by atoms with Gasteiger partial charge < -0.3 is 9.64 Å². The zero-order chi connectivity index (χ0) is 17.8. The highest BCUT2D eigenvalue weighted by molar-refractivity contribution is 6.30. The Morgan fingerprint density at radius 3 is 2.48 bits per heavy atom. The Morgan fingerprint density at radius 1 is 1.12 bits per heavy atom. The van der Waals surface area contributed by atoms with Crippen LogP contribution in [0.4, 0.5) is 0 Å². The van der Waals surface area contributed by atoms with Gasteiger partial charge in [0.15, 0.2) is 12.4 Å². The normalized spacial score (nSPS) is 21.4. The third-order valence-corrected chi connectivity index (χ3v) is 5.27. The number of benzene rings is 1. The summed E-state index contributed by atoms with van der Waals surface area (Å²) in [6, 6.07) is 6.70. The number of ketones is 1. The molecule has 134 valence electrons. The van der Waals surface area contributed by atoms with Gasteiger partial charge in [-0.1, -0.05) is 30.9 Å². The van der Waals surface area contributed by atoms with Crippen LogP contribution in [0.1, 0.15) is 48.9 Å². The maximum Gasteiger partial charge on any atom is 0.311 e. The number of nitrogens with zero attached hydrogens (tertiary/aromatic N) is 1. The summed E-state index contributed by atoms with van der Waals surface area (Å²) in [6.45, 7) is 0.103. The van der Waals surface area contributed by atoms with Crippen LogP contribution in [0.15, 0.2) is 24.3 Å². The maximum absolute atomic E-state index is 12.2. The molecule has 0 unspecified atom stereocenters. The van der Waals surface area contributed by atoms with E-state index in [9.17, 15) is 14.4 Å². The van der Waals surface area contributed by atoms with Gasteiger partial charge in [0.25, 0.3) is 0 Å². The fraction of sp³-hybridized carbons (Fsp3) is 0.526. The fourth-order valence-electron chi connectivity index (χ4n) is 3.61. The second-order valence-electron chi connectivity index (χ2n) is 6.78. The first-order chi connectivity index (χ1) is 12.0. The highest BCUT2D eigenvalue weighted by Crippen LogP contribution is 2.29. The topological polar surface area (TPSA) is 63.7 Å². The van der Waals surface area contributed by atoms with Gasteiger partial charge in [0, 0.05) is 29.6 Å². The first-order valence-corrected chi connectivity index (χ1v) is 9.17. The van der Waals surface area contributed by atoms with Gasteiger partial charge in [-0.2, -0.15) is 0 Å². The van der Waals surface area contributed by atoms with Crippen molar-refractivity contribution in [2.75, 3.05) is 13.2 Å². The van der Waals surface area contributed by atoms with Gasteiger partial charge in [0.2, 0.25) is 5.91 Å². The van der Waals surface area contributed by atoms with E-state index in [0.29, 0.717) is 17.1 Å². The van der Waals surface area contributed by atoms with Crippen LogP contribution in [-0.2, 0) is 14.3 Å². The minimum absolute atomic E-state index is 0.0258. The van der Waals surface area contributed by atoms with Crippen molar-refractivity contribution in [3.63, 3.8) is 0 Å². The zero-order valence-corrected chi connectivity index (χ0v) is 14.8. The van der Waals surface area contributed by atoms with Crippen molar-refractivity contribution in [1.29, 1.82) is 0 Å². The molecule has 1 atom stereocenters. The van der Waals surface area contributed by atoms with Crippen LogP contribution in [0.5, 0.6) is 0 Å². The summed E-state index contributed by atoms with van der Waals surface area (Å²) >= 11 is 5.79. The molecule has 2 aliphatic rings. The smallest absolute Gasteiger partial charge is 0.311 e. The van der Waals surface area contributed by atoms with Crippen molar-refractivity contribution >= 4 is 29.3 Å². The molecule has 1 saturated carbocycles. The maximum atomic E-state index is 12.2. The summed E-state index contributed by atoms with van der Waals surface area (Å²) in [4.78, 5) is 38.3. The average molecular weight is 364 g/mol. The number of hydrogen-bond acceptors (Lipinski definition) is 4. The Bertz CT molecular complexity index is 652. The summed E-state index contributed by atoms with van der Waals surface area (Å²) in [7, 11) is 0. The molecule has 0 aromatic heterocycles. The molecule has 25 heavy (non-hydrogen) atoms. The van der Waals surface area contributed by atoms with Crippen LogP contribution in [-0.4, -0.2) is 41.8 Å². The summed E-state index contributed by atoms with van der Waals surface area (Å²) < 4.78 is 5.16. The minimum Gasteiger partial charge on any atom is -0.457 e. The molecular formula is C19H22ClNO4. The molecule has 5 nitrogen and oxygen atoms in total. The number of Topliss-reactive ketones (excluding diaryl/α,β-unsaturated/α-hetero) is 1. The molecule has 1 saturated heterocycles. The van der Waals surface area contributed by atoms with E-state index < -0.39 is 11.9 Å². The van der Waals surface area contributed by atoms with Crippen LogP contribution in [0.3, 0.4) is 0 Å². The van der Waals surface area contributed by atoms with Crippen molar-refractivity contribution in [2.45, 2.75) is 44.6 Å². The molecule has 0 spiro atoms. The molecule has 2 fully saturated rings. The number of ether oxygens (including phenoxy) is 1. The van der Waals surface area contributed by atoms with E-state index in [1.165, 1.54) is 6.42 Å². The van der Waals surface area contributed by atoms with Crippen LogP contribution in [0.2, 0.25) is 5.02 Å². The zero-order valence-electron chi connectivity index (χ0n) is 14.1. The molecule has 0 N–H and O–H groups in total. The van der Waals surface area contributed by atoms with E-state index in [4.69, 9.17) is 16.3 Å². The summed E-state index contributed by atoms with van der Waals surface area (Å²) in [5.41, 5.74) is 0.448. The lowest BCUT2D eigenvalue weighted by Crippen LogP contribution is -2.38. The summed E-state index contributed by atoms with van der Waals surface area (Å²) in [6.07, 6.45) is 5.71. The third kappa shape index (κ3) is 4.40. The van der Waals surface area contributed by atoms with Crippen LogP contribution in [0, 0.1) is 5.92 Å². The standard InChI is InChI=1S/C19H22ClNO4/c20-15-8-6-13(7-9-15)17(22)12-25-19(24)14-10-18(23)21(11-14)16-4-2-1-3-5-16/h6-9,14,16H,1-5,10-12H2/t14-/m0/s1. The number of halogens is 1. The van der Waals surface area contributed by atoms with Gasteiger partial charge in [-0.25, -0.2) is 0 Å². The molecule has 0 bridgehead atoms. The molecule has 3 rings (SSSR count). The SMILES string of the molecule is O=C(COC(=O)[C@H]1CC(=O)N(C2CCCCC2)C1)c1ccc(Cl)cc1. The second kappa shape index (κ2) is 8.00. The first kappa shape index (κ1) is 17.9. The van der Waals surface area contributed by atoms with Crippen molar-refractivity contribution in [2.24, 2.45) is 5.92 Å². The van der Waals surface area contributed by atoms with E-state index in [2.05, 4.69) is 0 Å². The van der Waals surface area contributed by atoms with Crippen molar-refractivity contribution < 1.29 is 19.1 Å². The van der Waals surface area contributed by atoms with Gasteiger partial charge in [0.1, 0.15) is 0 Å². The van der Waals surface area contributed by atoms with E-state index in [0.717, 1.165) is 25.7 Å². The van der Waals surface area contributed by atoms with E-state index in [1.54, 1.807) is 24.3 Å². The van der Waals surface area contributed by atoms with Gasteiger partial charge in [-0.15, -0.1) is 0 Å². The number of amides is 1. The predicted molar refractivity (Wildman–Crippen MR) is 93.4 cm³/mol. The van der Waals surface area contributed by atoms with Crippen LogP contribution < -0.4 is 0 Å². The largest absolute Gasteiger partial charge is 0.457 e. The number of carbonyl (C=O) groups excluding carboxylic acids is 3. The number of likely N-dealkylation sites (tertiary alicyclic amines) is 1. The Labute approximate surface area is 152 Å². The molecular weight excluding hydrogens is 342 g/mol. The molecule has 1 aliphatic carbocycles. The van der Waals surface area contributed by atoms with E-state index in [-0.39, 0.29) is 30.8 Å². The Balaban J connectivity index is 1.50. The van der Waals surface area contributed by atoms with Gasteiger partial charge in [-0.05, 0) is 37.1 Å². The molecule has 1 aliphatic heterocycles. The Hall–Kier alpha value is -1.88. The second-order valence-corrected chi connectivity index (χ2v) is 7.21. The van der Waals surface area contributed by atoms with Crippen molar-refractivity contribution in [3.05, 3.63) is 34.9 Å². The van der Waals surface area contributed by atoms with Gasteiger partial charge >= 0.3 is 5.97 Å². The quantitative estimate of drug-likeness (QED) is 0.595. The Morgan fingerprint density at radius 2 is 1.80 bits per heavy atom. The van der Waals surface area contributed by atoms with Gasteiger partial charge in [0.05, 0.1) is 5.92 Å². The van der Waals surface area contributed by atoms with Crippen LogP contribution >= 0.6 is 11.6 Å². The highest BCUT2D eigenvalue weighted by Gasteiger charge is 2.39. The van der Waals surface area contributed by atoms with E-state index >= 15 is 0 Å². The van der Waals surface area contributed by atoms with Crippen molar-refractivity contribution in [3.8, 4) is 0 Å². The lowest BCUT2D eigenvalue weighted by atomic mass is 9.94. The predicted octanol–water partition coefficient (Wildman–Crippen LogP) is 3.25. The monoisotopic (exact) mass is 363 g/mol. The minimum atomic E-state index is -0.465. The lowest BCUT2D eigenvalue weighted by molar-refractivity contribution is -0.147. The first-order valence-electron chi connectivity index (χ1n) is 8.79. The summed E-state index contributed by atoms with van der Waals surface area (Å²) in [5, 5.41) is 0.542. The number of carbonyl (C=O) groups is 3. The summed E-state index contributed by atoms with van der Waals surface area (Å²) in [5.74, 6) is -1.18. The highest BCUT2D eigenvalue weighted by atomic mass is 35.5. The van der Waals surface area contributed by atoms with Crippen LogP contribution in [0.25, 0.3) is 0 Å². The number of esters is 1. The van der Waals surface area contributed by atoms with Gasteiger partial charge in [-0.3, -0.25) is 14.4 Å². The molecule has 1 amide bonds. The number of rotatable bonds is 5. The molecule has 1 aromatic carbocycles. The lowest BCUT2D eigenvalue weighted by Gasteiger charge is -2.31.